The molecule has 98 valence electrons. The highest BCUT2D eigenvalue weighted by atomic mass is 16.5. The fourth-order valence-corrected chi connectivity index (χ4v) is 2.27. The van der Waals surface area contributed by atoms with Gasteiger partial charge in [0.2, 0.25) is 5.91 Å². The Kier molecular flexibility index (Phi) is 3.43. The number of carbonyl (C=O) groups excluding carboxylic acids is 1. The third kappa shape index (κ3) is 1.90. The zero-order chi connectivity index (χ0) is 13.3. The molecule has 1 aromatic rings. The van der Waals surface area contributed by atoms with Crippen LogP contribution in [0.2, 0.25) is 0 Å². The van der Waals surface area contributed by atoms with Crippen LogP contribution in [0.1, 0.15) is 18.0 Å². The maximum atomic E-state index is 11.9. The van der Waals surface area contributed by atoms with Gasteiger partial charge in [-0.25, -0.2) is 0 Å². The lowest BCUT2D eigenvalue weighted by Crippen LogP contribution is -2.36. The van der Waals surface area contributed by atoms with E-state index in [1.807, 2.05) is 19.2 Å². The van der Waals surface area contributed by atoms with Gasteiger partial charge in [-0.05, 0) is 18.7 Å². The minimum atomic E-state index is 0.0171. The molecular weight excluding hydrogens is 232 g/mol. The summed E-state index contributed by atoms with van der Waals surface area (Å²) in [5, 5.41) is 3.16. The maximum Gasteiger partial charge on any atom is 0.228 e. The molecule has 1 N–H and O–H groups in total. The predicted octanol–water partition coefficient (Wildman–Crippen LogP) is 1.33. The number of rotatable bonds is 3. The fraction of sp³-hybridized carbons (Fsp3) is 0.462. The number of anilines is 1. The van der Waals surface area contributed by atoms with Crippen molar-refractivity contribution in [2.24, 2.45) is 0 Å². The van der Waals surface area contributed by atoms with Crippen LogP contribution in [0.5, 0.6) is 11.5 Å². The number of methoxy groups -OCH3 is 2. The molecule has 1 aromatic carbocycles. The lowest BCUT2D eigenvalue weighted by atomic mass is 9.95. The Labute approximate surface area is 107 Å². The monoisotopic (exact) mass is 250 g/mol. The van der Waals surface area contributed by atoms with Crippen molar-refractivity contribution in [1.82, 2.24) is 5.32 Å². The minimum Gasteiger partial charge on any atom is -0.493 e. The smallest absolute Gasteiger partial charge is 0.228 e. The number of ether oxygens (including phenoxy) is 2. The number of fused-ring (bicyclic) bond motifs is 1. The molecule has 1 unspecified atom stereocenters. The van der Waals surface area contributed by atoms with Crippen molar-refractivity contribution in [3.63, 3.8) is 0 Å². The van der Waals surface area contributed by atoms with Crippen molar-refractivity contribution in [2.75, 3.05) is 33.2 Å². The van der Waals surface area contributed by atoms with Crippen molar-refractivity contribution in [2.45, 2.75) is 12.5 Å². The molecule has 0 aromatic heterocycles. The largest absolute Gasteiger partial charge is 0.493 e. The average Bonchev–Trinajstić information content (AvgIpc) is 2.41. The second-order valence-electron chi connectivity index (χ2n) is 4.26. The Balaban J connectivity index is 2.58. The zero-order valence-electron chi connectivity index (χ0n) is 11.1. The predicted molar refractivity (Wildman–Crippen MR) is 69.4 cm³/mol. The van der Waals surface area contributed by atoms with Crippen molar-refractivity contribution < 1.29 is 14.3 Å². The van der Waals surface area contributed by atoms with Gasteiger partial charge in [0.25, 0.3) is 0 Å². The number of hydrogen-bond acceptors (Lipinski definition) is 4. The Morgan fingerprint density at radius 1 is 1.28 bits per heavy atom. The summed E-state index contributed by atoms with van der Waals surface area (Å²) in [5.74, 6) is 1.40. The third-order valence-electron chi connectivity index (χ3n) is 3.37. The summed E-state index contributed by atoms with van der Waals surface area (Å²) in [5.41, 5.74) is 1.92. The standard InChI is InChI=1S/C13H18N2O3/c1-14-9-6-13(16)15(2)10-7-12(18-4)11(17-3)5-8(9)10/h5,7,9,14H,6H2,1-4H3. The normalized spacial score (nSPS) is 18.6. The molecular formula is C13H18N2O3. The lowest BCUT2D eigenvalue weighted by Gasteiger charge is -2.32. The number of nitrogens with one attached hydrogen (secondary N) is 1. The summed E-state index contributed by atoms with van der Waals surface area (Å²) in [4.78, 5) is 13.6. The van der Waals surface area contributed by atoms with Crippen molar-refractivity contribution in [3.05, 3.63) is 17.7 Å². The number of nitrogens with zero attached hydrogens (tertiary/aromatic N) is 1. The van der Waals surface area contributed by atoms with Crippen LogP contribution in [0, 0.1) is 0 Å². The molecule has 0 saturated carbocycles. The second kappa shape index (κ2) is 4.86. The molecule has 5 nitrogen and oxygen atoms in total. The second-order valence-corrected chi connectivity index (χ2v) is 4.26. The van der Waals surface area contributed by atoms with Gasteiger partial charge in [0.15, 0.2) is 11.5 Å². The highest BCUT2D eigenvalue weighted by molar-refractivity contribution is 5.97. The molecule has 5 heteroatoms. The summed E-state index contributed by atoms with van der Waals surface area (Å²) < 4.78 is 10.6. The van der Waals surface area contributed by atoms with Gasteiger partial charge in [0.1, 0.15) is 0 Å². The number of hydrogen-bond donors (Lipinski definition) is 1. The molecule has 0 bridgehead atoms. The maximum absolute atomic E-state index is 11.9. The average molecular weight is 250 g/mol. The summed E-state index contributed by atoms with van der Waals surface area (Å²) in [6.07, 6.45) is 0.454. The van der Waals surface area contributed by atoms with Crippen molar-refractivity contribution in [1.29, 1.82) is 0 Å². The Bertz CT molecular complexity index is 474. The lowest BCUT2D eigenvalue weighted by molar-refractivity contribution is -0.119. The zero-order valence-corrected chi connectivity index (χ0v) is 11.1. The topological polar surface area (TPSA) is 50.8 Å². The van der Waals surface area contributed by atoms with Crippen molar-refractivity contribution in [3.8, 4) is 11.5 Å². The third-order valence-corrected chi connectivity index (χ3v) is 3.37. The fourth-order valence-electron chi connectivity index (χ4n) is 2.27. The molecule has 0 spiro atoms. The molecule has 0 aliphatic carbocycles. The van der Waals surface area contributed by atoms with Crippen LogP contribution >= 0.6 is 0 Å². The molecule has 0 radical (unpaired) electrons. The number of amides is 1. The summed E-state index contributed by atoms with van der Waals surface area (Å²) in [6.45, 7) is 0. The van der Waals surface area contributed by atoms with Gasteiger partial charge < -0.3 is 19.7 Å². The van der Waals surface area contributed by atoms with Crippen LogP contribution in [0.25, 0.3) is 0 Å². The van der Waals surface area contributed by atoms with Crippen LogP contribution in [0.4, 0.5) is 5.69 Å². The molecule has 2 rings (SSSR count). The van der Waals surface area contributed by atoms with Crippen LogP contribution < -0.4 is 19.7 Å². The first-order chi connectivity index (χ1) is 8.62. The van der Waals surface area contributed by atoms with Gasteiger partial charge in [-0.2, -0.15) is 0 Å². The van der Waals surface area contributed by atoms with E-state index >= 15 is 0 Å². The van der Waals surface area contributed by atoms with Crippen LogP contribution in [0.15, 0.2) is 12.1 Å². The van der Waals surface area contributed by atoms with E-state index in [0.717, 1.165) is 11.3 Å². The highest BCUT2D eigenvalue weighted by Crippen LogP contribution is 2.41. The van der Waals surface area contributed by atoms with Crippen LogP contribution in [-0.4, -0.2) is 34.2 Å². The molecule has 1 atom stereocenters. The Morgan fingerprint density at radius 3 is 2.44 bits per heavy atom. The van der Waals surface area contributed by atoms with E-state index in [-0.39, 0.29) is 11.9 Å². The van der Waals surface area contributed by atoms with Gasteiger partial charge in [-0.15, -0.1) is 0 Å². The number of benzene rings is 1. The molecule has 1 aliphatic heterocycles. The molecule has 1 heterocycles. The molecule has 0 saturated heterocycles. The van der Waals surface area contributed by atoms with Crippen LogP contribution in [0.3, 0.4) is 0 Å². The Hall–Kier alpha value is -1.75. The van der Waals surface area contributed by atoms with Gasteiger partial charge in [0, 0.05) is 25.6 Å². The van der Waals surface area contributed by atoms with Gasteiger partial charge in [0.05, 0.1) is 19.9 Å². The molecule has 0 fully saturated rings. The Morgan fingerprint density at radius 2 is 1.89 bits per heavy atom. The van der Waals surface area contributed by atoms with E-state index in [4.69, 9.17) is 9.47 Å². The number of carbonyl (C=O) groups is 1. The first-order valence-electron chi connectivity index (χ1n) is 5.82. The SMILES string of the molecule is CNC1CC(=O)N(C)c2cc(OC)c(OC)cc21. The van der Waals surface area contributed by atoms with E-state index in [9.17, 15) is 4.79 Å². The van der Waals surface area contributed by atoms with Crippen LogP contribution in [-0.2, 0) is 4.79 Å². The van der Waals surface area contributed by atoms with Crippen molar-refractivity contribution >= 4 is 11.6 Å². The first kappa shape index (κ1) is 12.7. The highest BCUT2D eigenvalue weighted by Gasteiger charge is 2.29. The summed E-state index contributed by atoms with van der Waals surface area (Å²) in [7, 11) is 6.82. The van der Waals surface area contributed by atoms with E-state index in [0.29, 0.717) is 17.9 Å². The molecule has 1 amide bonds. The first-order valence-corrected chi connectivity index (χ1v) is 5.82. The minimum absolute atomic E-state index is 0.0171. The molecule has 1 aliphatic rings. The quantitative estimate of drug-likeness (QED) is 0.879. The van der Waals surface area contributed by atoms with Gasteiger partial charge in [-0.1, -0.05) is 0 Å². The van der Waals surface area contributed by atoms with E-state index in [2.05, 4.69) is 5.32 Å². The van der Waals surface area contributed by atoms with Gasteiger partial charge >= 0.3 is 0 Å². The van der Waals surface area contributed by atoms with E-state index in [1.54, 1.807) is 26.2 Å². The van der Waals surface area contributed by atoms with E-state index < -0.39 is 0 Å². The van der Waals surface area contributed by atoms with Gasteiger partial charge in [-0.3, -0.25) is 4.79 Å². The molecule has 18 heavy (non-hydrogen) atoms. The summed E-state index contributed by atoms with van der Waals surface area (Å²) in [6, 6.07) is 3.79. The summed E-state index contributed by atoms with van der Waals surface area (Å²) >= 11 is 0. The van der Waals surface area contributed by atoms with E-state index in [1.165, 1.54) is 0 Å².